The van der Waals surface area contributed by atoms with Crippen LogP contribution >= 0.6 is 0 Å². The number of rotatable bonds is 8. The second-order valence-electron chi connectivity index (χ2n) is 4.68. The van der Waals surface area contributed by atoms with Crippen molar-refractivity contribution in [3.05, 3.63) is 0 Å². The van der Waals surface area contributed by atoms with Gasteiger partial charge in [-0.05, 0) is 32.2 Å². The second-order valence-corrected chi connectivity index (χ2v) is 4.68. The summed E-state index contributed by atoms with van der Waals surface area (Å²) in [5.74, 6) is 0.316. The minimum atomic E-state index is 0.316. The summed E-state index contributed by atoms with van der Waals surface area (Å²) in [6.45, 7) is 5.79. The number of methoxy groups -OCH3 is 1. The van der Waals surface area contributed by atoms with Crippen LogP contribution in [0.15, 0.2) is 0 Å². The van der Waals surface area contributed by atoms with E-state index in [9.17, 15) is 4.79 Å². The van der Waals surface area contributed by atoms with Crippen molar-refractivity contribution >= 4 is 5.91 Å². The van der Waals surface area contributed by atoms with Gasteiger partial charge in [-0.25, -0.2) is 0 Å². The van der Waals surface area contributed by atoms with Gasteiger partial charge in [-0.1, -0.05) is 6.92 Å². The van der Waals surface area contributed by atoms with E-state index in [1.54, 1.807) is 7.11 Å². The van der Waals surface area contributed by atoms with Crippen molar-refractivity contribution in [2.24, 2.45) is 0 Å². The third-order valence-corrected chi connectivity index (χ3v) is 3.25. The van der Waals surface area contributed by atoms with Gasteiger partial charge in [-0.2, -0.15) is 0 Å². The van der Waals surface area contributed by atoms with E-state index in [4.69, 9.17) is 4.74 Å². The molecule has 0 saturated carbocycles. The summed E-state index contributed by atoms with van der Waals surface area (Å²) in [5, 5.41) is 3.33. The zero-order valence-corrected chi connectivity index (χ0v) is 11.2. The second kappa shape index (κ2) is 8.48. The van der Waals surface area contributed by atoms with Crippen molar-refractivity contribution in [1.29, 1.82) is 0 Å². The number of hydrogen-bond donors (Lipinski definition) is 1. The topological polar surface area (TPSA) is 41.6 Å². The maximum absolute atomic E-state index is 12.1. The lowest BCUT2D eigenvalue weighted by atomic mass is 10.1. The van der Waals surface area contributed by atoms with Gasteiger partial charge in [-0.3, -0.25) is 4.79 Å². The van der Waals surface area contributed by atoms with Gasteiger partial charge >= 0.3 is 0 Å². The first-order valence-corrected chi connectivity index (χ1v) is 6.78. The van der Waals surface area contributed by atoms with Crippen LogP contribution in [0.3, 0.4) is 0 Å². The van der Waals surface area contributed by atoms with Crippen LogP contribution in [0.1, 0.15) is 39.0 Å². The highest BCUT2D eigenvalue weighted by molar-refractivity contribution is 5.76. The molecule has 1 atom stereocenters. The molecule has 1 rings (SSSR count). The molecule has 1 heterocycles. The fourth-order valence-electron chi connectivity index (χ4n) is 2.32. The van der Waals surface area contributed by atoms with Crippen LogP contribution in [0.25, 0.3) is 0 Å². The van der Waals surface area contributed by atoms with Gasteiger partial charge in [0.1, 0.15) is 0 Å². The van der Waals surface area contributed by atoms with E-state index in [-0.39, 0.29) is 0 Å². The molecule has 0 aromatic carbocycles. The highest BCUT2D eigenvalue weighted by atomic mass is 16.5. The molecule has 1 aliphatic rings. The first-order valence-electron chi connectivity index (χ1n) is 6.78. The quantitative estimate of drug-likeness (QED) is 0.654. The number of carbonyl (C=O) groups is 1. The minimum Gasteiger partial charge on any atom is -0.385 e. The molecule has 0 aliphatic carbocycles. The Morgan fingerprint density at radius 3 is 2.88 bits per heavy atom. The molecular formula is C13H26N2O2. The molecule has 4 heteroatoms. The lowest BCUT2D eigenvalue weighted by molar-refractivity contribution is -0.133. The van der Waals surface area contributed by atoms with Gasteiger partial charge in [0.05, 0.1) is 0 Å². The number of amides is 1. The maximum atomic E-state index is 12.1. The Labute approximate surface area is 105 Å². The molecule has 0 aromatic heterocycles. The SMILES string of the molecule is CCCN(C(=O)CCCCOC)C1CCNC1. The summed E-state index contributed by atoms with van der Waals surface area (Å²) in [6.07, 6.45) is 4.72. The lowest BCUT2D eigenvalue weighted by Crippen LogP contribution is -2.42. The van der Waals surface area contributed by atoms with Crippen molar-refractivity contribution in [3.63, 3.8) is 0 Å². The van der Waals surface area contributed by atoms with Gasteiger partial charge < -0.3 is 15.0 Å². The Hall–Kier alpha value is -0.610. The summed E-state index contributed by atoms with van der Waals surface area (Å²) in [5.41, 5.74) is 0. The summed E-state index contributed by atoms with van der Waals surface area (Å²) < 4.78 is 5.00. The zero-order valence-electron chi connectivity index (χ0n) is 11.2. The van der Waals surface area contributed by atoms with Gasteiger partial charge in [0.25, 0.3) is 0 Å². The van der Waals surface area contributed by atoms with Crippen LogP contribution in [0.5, 0.6) is 0 Å². The average Bonchev–Trinajstić information content (AvgIpc) is 2.85. The first kappa shape index (κ1) is 14.5. The number of hydrogen-bond acceptors (Lipinski definition) is 3. The fraction of sp³-hybridized carbons (Fsp3) is 0.923. The van der Waals surface area contributed by atoms with E-state index in [1.165, 1.54) is 0 Å². The van der Waals surface area contributed by atoms with Crippen LogP contribution in [0.2, 0.25) is 0 Å². The van der Waals surface area contributed by atoms with E-state index in [1.807, 2.05) is 0 Å². The highest BCUT2D eigenvalue weighted by Crippen LogP contribution is 2.12. The molecule has 0 spiro atoms. The predicted molar refractivity (Wildman–Crippen MR) is 69.0 cm³/mol. The van der Waals surface area contributed by atoms with Crippen LogP contribution in [0.4, 0.5) is 0 Å². The molecule has 0 aromatic rings. The monoisotopic (exact) mass is 242 g/mol. The van der Waals surface area contributed by atoms with Gasteiger partial charge in [0.2, 0.25) is 5.91 Å². The fourth-order valence-corrected chi connectivity index (χ4v) is 2.32. The molecular weight excluding hydrogens is 216 g/mol. The summed E-state index contributed by atoms with van der Waals surface area (Å²) in [6, 6.07) is 0.421. The molecule has 1 aliphatic heterocycles. The van der Waals surface area contributed by atoms with E-state index in [0.717, 1.165) is 51.9 Å². The third-order valence-electron chi connectivity index (χ3n) is 3.25. The Kier molecular flexibility index (Phi) is 7.21. The minimum absolute atomic E-state index is 0.316. The van der Waals surface area contributed by atoms with Gasteiger partial charge in [0.15, 0.2) is 0 Å². The van der Waals surface area contributed by atoms with Gasteiger partial charge in [0, 0.05) is 39.3 Å². The zero-order chi connectivity index (χ0) is 12.5. The molecule has 1 N–H and O–H groups in total. The standard InChI is InChI=1S/C13H26N2O2/c1-3-9-15(12-7-8-14-11-12)13(16)6-4-5-10-17-2/h12,14H,3-11H2,1-2H3. The Morgan fingerprint density at radius 1 is 1.47 bits per heavy atom. The normalized spacial score (nSPS) is 19.5. The highest BCUT2D eigenvalue weighted by Gasteiger charge is 2.25. The van der Waals surface area contributed by atoms with E-state index in [0.29, 0.717) is 18.4 Å². The van der Waals surface area contributed by atoms with Crippen molar-refractivity contribution in [2.75, 3.05) is 33.4 Å². The molecule has 0 radical (unpaired) electrons. The number of ether oxygens (including phenoxy) is 1. The van der Waals surface area contributed by atoms with Crippen LogP contribution in [0, 0.1) is 0 Å². The molecule has 100 valence electrons. The number of unbranched alkanes of at least 4 members (excludes halogenated alkanes) is 1. The summed E-state index contributed by atoms with van der Waals surface area (Å²) in [7, 11) is 1.70. The van der Waals surface area contributed by atoms with Crippen LogP contribution in [-0.4, -0.2) is 50.2 Å². The van der Waals surface area contributed by atoms with Crippen LogP contribution < -0.4 is 5.32 Å². The molecule has 1 saturated heterocycles. The number of carbonyl (C=O) groups excluding carboxylic acids is 1. The van der Waals surface area contributed by atoms with Crippen molar-refractivity contribution in [1.82, 2.24) is 10.2 Å². The molecule has 1 fully saturated rings. The summed E-state index contributed by atoms with van der Waals surface area (Å²) in [4.78, 5) is 14.2. The number of nitrogens with one attached hydrogen (secondary N) is 1. The van der Waals surface area contributed by atoms with Crippen molar-refractivity contribution < 1.29 is 9.53 Å². The molecule has 4 nitrogen and oxygen atoms in total. The number of nitrogens with zero attached hydrogens (tertiary/aromatic N) is 1. The maximum Gasteiger partial charge on any atom is 0.222 e. The molecule has 0 bridgehead atoms. The third kappa shape index (κ3) is 5.04. The van der Waals surface area contributed by atoms with E-state index < -0.39 is 0 Å². The van der Waals surface area contributed by atoms with E-state index in [2.05, 4.69) is 17.1 Å². The Morgan fingerprint density at radius 2 is 2.29 bits per heavy atom. The average molecular weight is 242 g/mol. The smallest absolute Gasteiger partial charge is 0.222 e. The van der Waals surface area contributed by atoms with Crippen molar-refractivity contribution in [3.8, 4) is 0 Å². The first-order chi connectivity index (χ1) is 8.29. The van der Waals surface area contributed by atoms with E-state index >= 15 is 0 Å². The molecule has 17 heavy (non-hydrogen) atoms. The lowest BCUT2D eigenvalue weighted by Gasteiger charge is -2.28. The summed E-state index contributed by atoms with van der Waals surface area (Å²) >= 11 is 0. The van der Waals surface area contributed by atoms with Crippen LogP contribution in [-0.2, 0) is 9.53 Å². The predicted octanol–water partition coefficient (Wildman–Crippen LogP) is 1.40. The van der Waals surface area contributed by atoms with Crippen molar-refractivity contribution in [2.45, 2.75) is 45.1 Å². The van der Waals surface area contributed by atoms with Gasteiger partial charge in [-0.15, -0.1) is 0 Å². The Bertz CT molecular complexity index is 215. The molecule has 1 amide bonds. The molecule has 1 unspecified atom stereocenters. The Balaban J connectivity index is 2.32. The largest absolute Gasteiger partial charge is 0.385 e.